The highest BCUT2D eigenvalue weighted by atomic mass is 32.2. The molecule has 1 aromatic heterocycles. The first-order chi connectivity index (χ1) is 9.63. The maximum atomic E-state index is 13.6. The Morgan fingerprint density at radius 2 is 2.10 bits per heavy atom. The van der Waals surface area contributed by atoms with E-state index in [1.807, 2.05) is 0 Å². The number of thioether (sulfide) groups is 1. The maximum Gasteiger partial charge on any atom is 0.416 e. The van der Waals surface area contributed by atoms with Gasteiger partial charge in [0.25, 0.3) is 0 Å². The minimum absolute atomic E-state index is 0.101. The summed E-state index contributed by atoms with van der Waals surface area (Å²) in [4.78, 5) is 13.1. The van der Waals surface area contributed by atoms with Crippen LogP contribution >= 0.6 is 11.8 Å². The van der Waals surface area contributed by atoms with Crippen LogP contribution in [0.4, 0.5) is 8.78 Å². The Morgan fingerprint density at radius 3 is 2.75 bits per heavy atom. The van der Waals surface area contributed by atoms with Crippen molar-refractivity contribution in [3.05, 3.63) is 52.6 Å². The van der Waals surface area contributed by atoms with E-state index in [1.165, 1.54) is 42.2 Å². The van der Waals surface area contributed by atoms with E-state index >= 15 is 0 Å². The molecule has 1 atom stereocenters. The zero-order chi connectivity index (χ0) is 14.4. The molecule has 108 valence electrons. The first-order valence-corrected chi connectivity index (χ1v) is 7.06. The lowest BCUT2D eigenvalue weighted by molar-refractivity contribution is 0.213. The quantitative estimate of drug-likeness (QED) is 0.854. The van der Waals surface area contributed by atoms with Crippen LogP contribution in [0.3, 0.4) is 0 Å². The van der Waals surface area contributed by atoms with Gasteiger partial charge in [0.2, 0.25) is 0 Å². The summed E-state index contributed by atoms with van der Waals surface area (Å²) >= 11 is 1.30. The fraction of sp³-hybridized carbons (Fsp3) is 0.308. The molecule has 2 aromatic rings. The van der Waals surface area contributed by atoms with Crippen molar-refractivity contribution < 1.29 is 17.9 Å². The zero-order valence-electron chi connectivity index (χ0n) is 10.5. The number of nitrogens with one attached hydrogen (secondary N) is 1. The van der Waals surface area contributed by atoms with Gasteiger partial charge in [0.05, 0.1) is 5.75 Å². The summed E-state index contributed by atoms with van der Waals surface area (Å²) in [6, 6.07) is 5.41. The Balaban J connectivity index is 1.66. The molecule has 1 unspecified atom stereocenters. The van der Waals surface area contributed by atoms with Gasteiger partial charge in [-0.05, 0) is 24.3 Å². The molecule has 1 N–H and O–H groups in total. The summed E-state index contributed by atoms with van der Waals surface area (Å²) in [7, 11) is 0. The number of hydrogen-bond acceptors (Lipinski definition) is 4. The van der Waals surface area contributed by atoms with Crippen molar-refractivity contribution >= 4 is 11.8 Å². The number of alkyl halides is 1. The van der Waals surface area contributed by atoms with Crippen molar-refractivity contribution in [2.75, 3.05) is 12.4 Å². The molecule has 20 heavy (non-hydrogen) atoms. The van der Waals surface area contributed by atoms with Crippen molar-refractivity contribution in [2.24, 2.45) is 0 Å². The molecule has 0 amide bonds. The summed E-state index contributed by atoms with van der Waals surface area (Å²) in [5, 5.41) is 0. The second kappa shape index (κ2) is 7.14. The normalized spacial score (nSPS) is 12.3. The van der Waals surface area contributed by atoms with E-state index in [4.69, 9.17) is 9.15 Å². The van der Waals surface area contributed by atoms with Crippen molar-refractivity contribution in [2.45, 2.75) is 11.9 Å². The zero-order valence-corrected chi connectivity index (χ0v) is 11.3. The van der Waals surface area contributed by atoms with Gasteiger partial charge in [-0.25, -0.2) is 13.6 Å². The number of hydrogen-bond donors (Lipinski definition) is 1. The van der Waals surface area contributed by atoms with Gasteiger partial charge in [-0.2, -0.15) is 11.8 Å². The number of aromatic amines is 1. The highest BCUT2D eigenvalue weighted by Crippen LogP contribution is 2.15. The molecule has 0 aliphatic heterocycles. The molecule has 0 aliphatic carbocycles. The van der Waals surface area contributed by atoms with Gasteiger partial charge in [-0.1, -0.05) is 0 Å². The minimum atomic E-state index is -1.16. The standard InChI is InChI=1S/C13H13F2NO3S/c14-9-1-3-11(4-2-9)18-6-10(15)7-20-8-12-5-16-13(17)19-12/h1-5,10H,6-8H2,(H,16,17). The van der Waals surface area contributed by atoms with Crippen LogP contribution in [0.15, 0.2) is 39.7 Å². The number of oxazole rings is 1. The molecule has 2 rings (SSSR count). The number of ether oxygens (including phenoxy) is 1. The fourth-order valence-electron chi connectivity index (χ4n) is 1.44. The molecule has 7 heteroatoms. The number of halogens is 2. The monoisotopic (exact) mass is 301 g/mol. The van der Waals surface area contributed by atoms with Crippen LogP contribution in [0.25, 0.3) is 0 Å². The van der Waals surface area contributed by atoms with Gasteiger partial charge in [-0.15, -0.1) is 0 Å². The summed E-state index contributed by atoms with van der Waals surface area (Å²) in [6.45, 7) is -0.101. The van der Waals surface area contributed by atoms with Gasteiger partial charge >= 0.3 is 5.76 Å². The third kappa shape index (κ3) is 4.73. The van der Waals surface area contributed by atoms with E-state index in [-0.39, 0.29) is 18.2 Å². The van der Waals surface area contributed by atoms with Gasteiger partial charge in [0.15, 0.2) is 0 Å². The number of rotatable bonds is 7. The predicted octanol–water partition coefficient (Wildman–Crippen LogP) is 2.76. The molecule has 1 aromatic carbocycles. The molecule has 0 saturated carbocycles. The van der Waals surface area contributed by atoms with E-state index in [1.54, 1.807) is 0 Å². The lowest BCUT2D eigenvalue weighted by Gasteiger charge is -2.09. The molecule has 0 bridgehead atoms. The smallest absolute Gasteiger partial charge is 0.416 e. The predicted molar refractivity (Wildman–Crippen MR) is 72.3 cm³/mol. The first kappa shape index (κ1) is 14.6. The molecule has 0 saturated heterocycles. The van der Waals surface area contributed by atoms with Crippen LogP contribution in [0.1, 0.15) is 5.76 Å². The average molecular weight is 301 g/mol. The third-order valence-electron chi connectivity index (χ3n) is 2.36. The Morgan fingerprint density at radius 1 is 1.35 bits per heavy atom. The molecule has 0 fully saturated rings. The van der Waals surface area contributed by atoms with Crippen LogP contribution in [-0.4, -0.2) is 23.5 Å². The molecular formula is C13H13F2NO3S. The van der Waals surface area contributed by atoms with E-state index in [2.05, 4.69) is 4.98 Å². The Hall–Kier alpha value is -1.76. The van der Waals surface area contributed by atoms with E-state index < -0.39 is 11.9 Å². The molecule has 0 radical (unpaired) electrons. The fourth-order valence-corrected chi connectivity index (χ4v) is 2.25. The van der Waals surface area contributed by atoms with Crippen molar-refractivity contribution in [1.29, 1.82) is 0 Å². The SMILES string of the molecule is O=c1[nH]cc(CSCC(F)COc2ccc(F)cc2)o1. The molecule has 1 heterocycles. The Labute approximate surface area is 118 Å². The van der Waals surface area contributed by atoms with Crippen molar-refractivity contribution in [1.82, 2.24) is 4.98 Å². The minimum Gasteiger partial charge on any atom is -0.491 e. The van der Waals surface area contributed by atoms with Crippen molar-refractivity contribution in [3.8, 4) is 5.75 Å². The molecular weight excluding hydrogens is 288 g/mol. The van der Waals surface area contributed by atoms with Crippen LogP contribution < -0.4 is 10.5 Å². The number of H-pyrrole nitrogens is 1. The topological polar surface area (TPSA) is 55.2 Å². The summed E-state index contributed by atoms with van der Waals surface area (Å²) in [6.07, 6.45) is 0.299. The molecule has 4 nitrogen and oxygen atoms in total. The lowest BCUT2D eigenvalue weighted by Crippen LogP contribution is -2.15. The van der Waals surface area contributed by atoms with Crippen molar-refractivity contribution in [3.63, 3.8) is 0 Å². The second-order valence-electron chi connectivity index (χ2n) is 4.02. The molecule has 0 aliphatic rings. The van der Waals surface area contributed by atoms with Crippen LogP contribution in [-0.2, 0) is 5.75 Å². The third-order valence-corrected chi connectivity index (χ3v) is 3.45. The second-order valence-corrected chi connectivity index (χ2v) is 5.05. The van der Waals surface area contributed by atoms with E-state index in [9.17, 15) is 13.6 Å². The van der Waals surface area contributed by atoms with Crippen LogP contribution in [0.2, 0.25) is 0 Å². The van der Waals surface area contributed by atoms with E-state index in [0.29, 0.717) is 17.3 Å². The van der Waals surface area contributed by atoms with Crippen LogP contribution in [0, 0.1) is 5.82 Å². The van der Waals surface area contributed by atoms with Gasteiger partial charge in [0.1, 0.15) is 30.1 Å². The first-order valence-electron chi connectivity index (χ1n) is 5.91. The molecule has 0 spiro atoms. The highest BCUT2D eigenvalue weighted by molar-refractivity contribution is 7.98. The van der Waals surface area contributed by atoms with Gasteiger partial charge in [-0.3, -0.25) is 4.98 Å². The lowest BCUT2D eigenvalue weighted by atomic mass is 10.3. The largest absolute Gasteiger partial charge is 0.491 e. The Kier molecular flexibility index (Phi) is 5.23. The number of aromatic nitrogens is 1. The average Bonchev–Trinajstić information content (AvgIpc) is 2.84. The Bertz CT molecular complexity index is 582. The van der Waals surface area contributed by atoms with E-state index in [0.717, 1.165) is 0 Å². The summed E-state index contributed by atoms with van der Waals surface area (Å²) in [5.41, 5.74) is 0. The van der Waals surface area contributed by atoms with Gasteiger partial charge in [0, 0.05) is 11.9 Å². The summed E-state index contributed by atoms with van der Waals surface area (Å²) in [5.74, 6) is 0.656. The van der Waals surface area contributed by atoms with Gasteiger partial charge < -0.3 is 9.15 Å². The maximum absolute atomic E-state index is 13.6. The summed E-state index contributed by atoms with van der Waals surface area (Å²) < 4.78 is 36.2. The van der Waals surface area contributed by atoms with Crippen LogP contribution in [0.5, 0.6) is 5.75 Å². The highest BCUT2D eigenvalue weighted by Gasteiger charge is 2.09. The number of benzene rings is 1.